The van der Waals surface area contributed by atoms with E-state index in [0.717, 1.165) is 43.8 Å². The highest BCUT2D eigenvalue weighted by Gasteiger charge is 2.23. The number of carbonyl (C=O) groups is 1. The van der Waals surface area contributed by atoms with Gasteiger partial charge in [0.2, 0.25) is 0 Å². The van der Waals surface area contributed by atoms with Gasteiger partial charge in [-0.25, -0.2) is 0 Å². The first kappa shape index (κ1) is 14.9. The van der Waals surface area contributed by atoms with Crippen LogP contribution in [-0.4, -0.2) is 43.6 Å². The van der Waals surface area contributed by atoms with E-state index >= 15 is 0 Å². The number of methoxy groups -OCH3 is 1. The number of amides is 1. The van der Waals surface area contributed by atoms with Gasteiger partial charge in [0.05, 0.1) is 7.11 Å². The van der Waals surface area contributed by atoms with Crippen molar-refractivity contribution in [2.45, 2.75) is 32.7 Å². The quantitative estimate of drug-likeness (QED) is 0.917. The third-order valence-electron chi connectivity index (χ3n) is 3.93. The van der Waals surface area contributed by atoms with Gasteiger partial charge in [-0.3, -0.25) is 4.79 Å². The highest BCUT2D eigenvalue weighted by atomic mass is 16.5. The van der Waals surface area contributed by atoms with Crippen LogP contribution in [0.3, 0.4) is 0 Å². The summed E-state index contributed by atoms with van der Waals surface area (Å²) in [5.74, 6) is 0.886. The number of hydrogen-bond donors (Lipinski definition) is 1. The van der Waals surface area contributed by atoms with Gasteiger partial charge in [0.25, 0.3) is 5.91 Å². The summed E-state index contributed by atoms with van der Waals surface area (Å²) in [7, 11) is 1.64. The fraction of sp³-hybridized carbons (Fsp3) is 0.562. The maximum absolute atomic E-state index is 12.5. The summed E-state index contributed by atoms with van der Waals surface area (Å²) < 4.78 is 5.29. The number of hydrogen-bond acceptors (Lipinski definition) is 3. The molecule has 1 aromatic carbocycles. The average molecular weight is 276 g/mol. The number of rotatable bonds is 4. The molecule has 1 amide bonds. The molecule has 0 saturated carbocycles. The smallest absolute Gasteiger partial charge is 0.253 e. The molecular weight excluding hydrogens is 252 g/mol. The molecule has 1 saturated heterocycles. The molecule has 0 aromatic heterocycles. The maximum Gasteiger partial charge on any atom is 0.253 e. The molecule has 0 unspecified atom stereocenters. The predicted molar refractivity (Wildman–Crippen MR) is 80.3 cm³/mol. The zero-order valence-corrected chi connectivity index (χ0v) is 12.6. The Morgan fingerprint density at radius 3 is 2.70 bits per heavy atom. The fourth-order valence-corrected chi connectivity index (χ4v) is 2.71. The van der Waals surface area contributed by atoms with Crippen LogP contribution in [0.2, 0.25) is 0 Å². The van der Waals surface area contributed by atoms with Crippen molar-refractivity contribution in [2.75, 3.05) is 26.7 Å². The second-order valence-electron chi connectivity index (χ2n) is 5.31. The number of ether oxygens (including phenoxy) is 1. The van der Waals surface area contributed by atoms with Gasteiger partial charge in [-0.2, -0.15) is 0 Å². The second kappa shape index (κ2) is 6.75. The lowest BCUT2D eigenvalue weighted by Gasteiger charge is -2.32. The molecule has 1 fully saturated rings. The van der Waals surface area contributed by atoms with Crippen molar-refractivity contribution in [3.63, 3.8) is 0 Å². The topological polar surface area (TPSA) is 41.6 Å². The molecule has 0 aliphatic carbocycles. The van der Waals surface area contributed by atoms with Gasteiger partial charge in [0.1, 0.15) is 5.75 Å². The van der Waals surface area contributed by atoms with Crippen LogP contribution in [-0.2, 0) is 0 Å². The van der Waals surface area contributed by atoms with Gasteiger partial charge >= 0.3 is 0 Å². The van der Waals surface area contributed by atoms with E-state index in [1.165, 1.54) is 0 Å². The van der Waals surface area contributed by atoms with E-state index in [1.54, 1.807) is 7.11 Å². The molecule has 0 spiro atoms. The normalized spacial score (nSPS) is 16.2. The Labute approximate surface area is 121 Å². The van der Waals surface area contributed by atoms with E-state index in [2.05, 4.69) is 12.2 Å². The van der Waals surface area contributed by atoms with E-state index in [0.29, 0.717) is 11.6 Å². The number of nitrogens with zero attached hydrogens (tertiary/aromatic N) is 1. The molecular formula is C16H24N2O2. The highest BCUT2D eigenvalue weighted by Crippen LogP contribution is 2.21. The number of likely N-dealkylation sites (tertiary alicyclic amines) is 1. The molecule has 1 aromatic rings. The van der Waals surface area contributed by atoms with Gasteiger partial charge in [0.15, 0.2) is 0 Å². The van der Waals surface area contributed by atoms with E-state index in [4.69, 9.17) is 4.74 Å². The Hall–Kier alpha value is -1.55. The predicted octanol–water partition coefficient (Wildman–Crippen LogP) is 2.22. The van der Waals surface area contributed by atoms with Crippen LogP contribution in [0.1, 0.15) is 35.7 Å². The minimum Gasteiger partial charge on any atom is -0.496 e. The largest absolute Gasteiger partial charge is 0.496 e. The third-order valence-corrected chi connectivity index (χ3v) is 3.93. The van der Waals surface area contributed by atoms with Crippen molar-refractivity contribution < 1.29 is 9.53 Å². The van der Waals surface area contributed by atoms with E-state index in [-0.39, 0.29) is 5.91 Å². The fourth-order valence-electron chi connectivity index (χ4n) is 2.71. The molecule has 110 valence electrons. The van der Waals surface area contributed by atoms with E-state index < -0.39 is 0 Å². The first-order chi connectivity index (χ1) is 9.65. The van der Waals surface area contributed by atoms with Crippen molar-refractivity contribution in [1.82, 2.24) is 10.2 Å². The van der Waals surface area contributed by atoms with Crippen LogP contribution >= 0.6 is 0 Å². The summed E-state index contributed by atoms with van der Waals surface area (Å²) in [5, 5.41) is 3.45. The molecule has 2 rings (SSSR count). The number of piperidine rings is 1. The molecule has 1 aliphatic rings. The number of aryl methyl sites for hydroxylation is 1. The summed E-state index contributed by atoms with van der Waals surface area (Å²) in [6.07, 6.45) is 2.06. The van der Waals surface area contributed by atoms with Gasteiger partial charge < -0.3 is 15.0 Å². The summed E-state index contributed by atoms with van der Waals surface area (Å²) in [4.78, 5) is 14.4. The van der Waals surface area contributed by atoms with Crippen LogP contribution in [0.4, 0.5) is 0 Å². The summed E-state index contributed by atoms with van der Waals surface area (Å²) in [5.41, 5.74) is 1.77. The van der Waals surface area contributed by atoms with Crippen LogP contribution in [0.15, 0.2) is 18.2 Å². The summed E-state index contributed by atoms with van der Waals surface area (Å²) in [6, 6.07) is 6.22. The SMILES string of the molecule is CCNC1CCN(C(=O)c2ccc(C)c(OC)c2)CC1. The van der Waals surface area contributed by atoms with Crippen molar-refractivity contribution in [1.29, 1.82) is 0 Å². The Balaban J connectivity index is 2.02. The van der Waals surface area contributed by atoms with E-state index in [9.17, 15) is 4.79 Å². The maximum atomic E-state index is 12.5. The Bertz CT molecular complexity index is 466. The van der Waals surface area contributed by atoms with Crippen molar-refractivity contribution in [2.24, 2.45) is 0 Å². The Kier molecular flexibility index (Phi) is 5.01. The van der Waals surface area contributed by atoms with Crippen LogP contribution < -0.4 is 10.1 Å². The summed E-state index contributed by atoms with van der Waals surface area (Å²) in [6.45, 7) is 6.75. The molecule has 4 nitrogen and oxygen atoms in total. The van der Waals surface area contributed by atoms with E-state index in [1.807, 2.05) is 30.0 Å². The number of nitrogens with one attached hydrogen (secondary N) is 1. The van der Waals surface area contributed by atoms with Gasteiger partial charge in [-0.15, -0.1) is 0 Å². The van der Waals surface area contributed by atoms with Gasteiger partial charge in [0, 0.05) is 24.7 Å². The van der Waals surface area contributed by atoms with Crippen LogP contribution in [0, 0.1) is 6.92 Å². The minimum atomic E-state index is 0.109. The number of carbonyl (C=O) groups excluding carboxylic acids is 1. The molecule has 1 aliphatic heterocycles. The third kappa shape index (κ3) is 3.31. The molecule has 0 bridgehead atoms. The molecule has 0 radical (unpaired) electrons. The number of benzene rings is 1. The monoisotopic (exact) mass is 276 g/mol. The lowest BCUT2D eigenvalue weighted by molar-refractivity contribution is 0.0705. The average Bonchev–Trinajstić information content (AvgIpc) is 2.48. The van der Waals surface area contributed by atoms with Crippen molar-refractivity contribution in [3.05, 3.63) is 29.3 Å². The van der Waals surface area contributed by atoms with Crippen molar-refractivity contribution in [3.8, 4) is 5.75 Å². The minimum absolute atomic E-state index is 0.109. The lowest BCUT2D eigenvalue weighted by atomic mass is 10.0. The zero-order chi connectivity index (χ0) is 14.5. The summed E-state index contributed by atoms with van der Waals surface area (Å²) >= 11 is 0. The van der Waals surface area contributed by atoms with Gasteiger partial charge in [-0.05, 0) is 44.0 Å². The second-order valence-corrected chi connectivity index (χ2v) is 5.31. The molecule has 1 heterocycles. The first-order valence-corrected chi connectivity index (χ1v) is 7.33. The zero-order valence-electron chi connectivity index (χ0n) is 12.6. The lowest BCUT2D eigenvalue weighted by Crippen LogP contribution is -2.44. The molecule has 0 atom stereocenters. The molecule has 1 N–H and O–H groups in total. The molecule has 20 heavy (non-hydrogen) atoms. The Morgan fingerprint density at radius 2 is 2.10 bits per heavy atom. The Morgan fingerprint density at radius 1 is 1.40 bits per heavy atom. The van der Waals surface area contributed by atoms with Crippen molar-refractivity contribution >= 4 is 5.91 Å². The standard InChI is InChI=1S/C16H24N2O2/c1-4-17-14-7-9-18(10-8-14)16(19)13-6-5-12(2)15(11-13)20-3/h5-6,11,14,17H,4,7-10H2,1-3H3. The first-order valence-electron chi connectivity index (χ1n) is 7.33. The van der Waals surface area contributed by atoms with Crippen LogP contribution in [0.25, 0.3) is 0 Å². The molecule has 4 heteroatoms. The van der Waals surface area contributed by atoms with Gasteiger partial charge in [-0.1, -0.05) is 13.0 Å². The van der Waals surface area contributed by atoms with Crippen LogP contribution in [0.5, 0.6) is 5.75 Å². The highest BCUT2D eigenvalue weighted by molar-refractivity contribution is 5.94.